The molecule has 0 saturated heterocycles. The van der Waals surface area contributed by atoms with Crippen LogP contribution in [0.5, 0.6) is 0 Å². The van der Waals surface area contributed by atoms with Gasteiger partial charge in [-0.2, -0.15) is 0 Å². The fourth-order valence-corrected chi connectivity index (χ4v) is 6.54. The first-order chi connectivity index (χ1) is 26.1. The van der Waals surface area contributed by atoms with Gasteiger partial charge >= 0.3 is 5.97 Å². The lowest BCUT2D eigenvalue weighted by atomic mass is 9.80. The van der Waals surface area contributed by atoms with Crippen molar-refractivity contribution in [2.24, 2.45) is 0 Å². The average molecular weight is 760 g/mol. The first-order valence-electron chi connectivity index (χ1n) is 19.4. The van der Waals surface area contributed by atoms with Crippen molar-refractivity contribution in [2.45, 2.75) is 82.8 Å². The maximum absolute atomic E-state index is 13.2. The molecule has 0 N–H and O–H groups in total. The van der Waals surface area contributed by atoms with Crippen LogP contribution in [0.3, 0.4) is 0 Å². The maximum Gasteiger partial charge on any atom is 0.306 e. The average Bonchev–Trinajstić information content (AvgIpc) is 3.16. The Hall–Kier alpha value is -3.62. The molecule has 2 atom stereocenters. The summed E-state index contributed by atoms with van der Waals surface area (Å²) >= 11 is 0. The van der Waals surface area contributed by atoms with E-state index in [-0.39, 0.29) is 19.6 Å². The number of ether oxygens (including phenoxy) is 2. The quantitative estimate of drug-likeness (QED) is 0.0191. The molecule has 0 aliphatic rings. The highest BCUT2D eigenvalue weighted by Crippen LogP contribution is 2.41. The summed E-state index contributed by atoms with van der Waals surface area (Å²) in [7, 11) is 1.13. The highest BCUT2D eigenvalue weighted by atomic mass is 31.2. The molecular formula is C45H62NO7P. The Morgan fingerprint density at radius 2 is 1.19 bits per heavy atom. The van der Waals surface area contributed by atoms with Crippen molar-refractivity contribution in [2.75, 3.05) is 47.5 Å². The number of hydrogen-bond acceptors (Lipinski definition) is 7. The van der Waals surface area contributed by atoms with Gasteiger partial charge in [-0.1, -0.05) is 147 Å². The van der Waals surface area contributed by atoms with Crippen molar-refractivity contribution in [3.63, 3.8) is 0 Å². The molecule has 3 aromatic rings. The van der Waals surface area contributed by atoms with Gasteiger partial charge < -0.3 is 27.9 Å². The molecule has 0 amide bonds. The maximum atomic E-state index is 13.2. The molecule has 0 radical (unpaired) electrons. The van der Waals surface area contributed by atoms with E-state index in [2.05, 4.69) is 43.4 Å². The molecule has 9 heteroatoms. The van der Waals surface area contributed by atoms with Crippen LogP contribution in [0.1, 0.15) is 87.8 Å². The van der Waals surface area contributed by atoms with Crippen molar-refractivity contribution in [3.8, 4) is 0 Å². The van der Waals surface area contributed by atoms with Gasteiger partial charge in [0, 0.05) is 6.42 Å². The summed E-state index contributed by atoms with van der Waals surface area (Å²) in [5.41, 5.74) is 1.50. The minimum atomic E-state index is -4.69. The fourth-order valence-electron chi connectivity index (χ4n) is 5.81. The van der Waals surface area contributed by atoms with E-state index in [0.717, 1.165) is 48.8 Å². The third-order valence-corrected chi connectivity index (χ3v) is 9.74. The molecular weight excluding hydrogens is 697 g/mol. The fraction of sp³-hybridized carbons (Fsp3) is 0.444. The summed E-state index contributed by atoms with van der Waals surface area (Å²) in [5.74, 6) is -0.446. The van der Waals surface area contributed by atoms with E-state index in [1.165, 1.54) is 19.3 Å². The molecule has 0 aliphatic heterocycles. The van der Waals surface area contributed by atoms with Crippen LogP contribution < -0.4 is 4.89 Å². The Balaban J connectivity index is 1.66. The number of esters is 1. The molecule has 0 aromatic heterocycles. The van der Waals surface area contributed by atoms with Gasteiger partial charge in [0.05, 0.1) is 34.4 Å². The topological polar surface area (TPSA) is 94.1 Å². The first kappa shape index (κ1) is 44.8. The lowest BCUT2D eigenvalue weighted by Crippen LogP contribution is -2.39. The molecule has 1 unspecified atom stereocenters. The molecule has 0 saturated carbocycles. The SMILES string of the molecule is CCCCC/C=C\C/C=C\C/C=C\CCCCC(=O)O[C@@H](COC(c1ccccc1)(c1ccccc1)c1ccccc1)COP(=O)([O-])OCC[N+](C)(C)C. The number of rotatable bonds is 27. The van der Waals surface area contributed by atoms with Crippen molar-refractivity contribution in [1.82, 2.24) is 0 Å². The Morgan fingerprint density at radius 1 is 0.704 bits per heavy atom. The second-order valence-corrected chi connectivity index (χ2v) is 15.8. The van der Waals surface area contributed by atoms with E-state index in [1.54, 1.807) is 0 Å². The minimum absolute atomic E-state index is 0.0361. The highest BCUT2D eigenvalue weighted by Gasteiger charge is 2.38. The van der Waals surface area contributed by atoms with E-state index in [0.29, 0.717) is 17.4 Å². The number of hydrogen-bond donors (Lipinski definition) is 0. The number of carbonyl (C=O) groups excluding carboxylic acids is 1. The molecule has 0 aliphatic carbocycles. The van der Waals surface area contributed by atoms with Gasteiger partial charge in [0.25, 0.3) is 7.82 Å². The number of phosphoric ester groups is 1. The summed E-state index contributed by atoms with van der Waals surface area (Å²) in [6.45, 7) is 2.06. The van der Waals surface area contributed by atoms with E-state index in [1.807, 2.05) is 112 Å². The number of allylic oxidation sites excluding steroid dienone is 6. The zero-order chi connectivity index (χ0) is 39.0. The molecule has 0 fully saturated rings. The van der Waals surface area contributed by atoms with Gasteiger partial charge in [0.15, 0.2) is 0 Å². The van der Waals surface area contributed by atoms with E-state index < -0.39 is 32.1 Å². The van der Waals surface area contributed by atoms with Gasteiger partial charge in [0.1, 0.15) is 24.9 Å². The second kappa shape index (κ2) is 24.7. The molecule has 8 nitrogen and oxygen atoms in total. The predicted molar refractivity (Wildman–Crippen MR) is 217 cm³/mol. The monoisotopic (exact) mass is 759 g/mol. The number of benzene rings is 3. The van der Waals surface area contributed by atoms with Gasteiger partial charge in [-0.3, -0.25) is 9.36 Å². The summed E-state index contributed by atoms with van der Waals surface area (Å²) in [6.07, 6.45) is 21.4. The van der Waals surface area contributed by atoms with Gasteiger partial charge in [0.2, 0.25) is 0 Å². The van der Waals surface area contributed by atoms with E-state index in [4.69, 9.17) is 18.5 Å². The zero-order valence-corrected chi connectivity index (χ0v) is 33.7. The summed E-state index contributed by atoms with van der Waals surface area (Å²) in [5, 5.41) is 0. The minimum Gasteiger partial charge on any atom is -0.756 e. The molecule has 0 heterocycles. The normalized spacial score (nSPS) is 14.2. The van der Waals surface area contributed by atoms with Crippen LogP contribution in [0.4, 0.5) is 0 Å². The van der Waals surface area contributed by atoms with E-state index in [9.17, 15) is 14.3 Å². The lowest BCUT2D eigenvalue weighted by Gasteiger charge is -2.37. The lowest BCUT2D eigenvalue weighted by molar-refractivity contribution is -0.870. The Morgan fingerprint density at radius 3 is 1.67 bits per heavy atom. The molecule has 294 valence electrons. The number of unbranched alkanes of at least 4 members (excludes halogenated alkanes) is 5. The van der Waals surface area contributed by atoms with Crippen molar-refractivity contribution >= 4 is 13.8 Å². The number of nitrogens with zero attached hydrogens (tertiary/aromatic N) is 1. The van der Waals surface area contributed by atoms with Crippen LogP contribution in [0, 0.1) is 0 Å². The smallest absolute Gasteiger partial charge is 0.306 e. The van der Waals surface area contributed by atoms with Crippen LogP contribution in [0.15, 0.2) is 127 Å². The summed E-state index contributed by atoms with van der Waals surface area (Å²) in [4.78, 5) is 26.0. The third kappa shape index (κ3) is 17.2. The first-order valence-corrected chi connectivity index (χ1v) is 20.9. The standard InChI is InChI=1S/C45H62NO7P/c1-5-6-7-8-9-10-11-12-13-14-15-16-17-18-28-35-44(47)53-43(39-52-54(48,49)51-37-36-46(2,3)4)38-50-45(40-29-22-19-23-30-40,41-31-24-20-25-32-41)42-33-26-21-27-34-42/h9-10,12-13,15-16,19-27,29-34,43H,5-8,11,14,17-18,28,35-39H2,1-4H3/b10-9-,13-12-,16-15-/t43-/m0/s1. The molecule has 3 rings (SSSR count). The number of phosphoric acid groups is 1. The van der Waals surface area contributed by atoms with Crippen LogP contribution >= 0.6 is 7.82 Å². The second-order valence-electron chi connectivity index (χ2n) is 14.4. The molecule has 54 heavy (non-hydrogen) atoms. The Labute approximate surface area is 324 Å². The van der Waals surface area contributed by atoms with Crippen LogP contribution in [-0.4, -0.2) is 64.1 Å². The number of likely N-dealkylation sites (N-methyl/N-ethyl adjacent to an activating group) is 1. The van der Waals surface area contributed by atoms with Crippen LogP contribution in [-0.2, 0) is 33.5 Å². The van der Waals surface area contributed by atoms with Crippen LogP contribution in [0.25, 0.3) is 0 Å². The summed E-state index contributed by atoms with van der Waals surface area (Å²) in [6, 6.07) is 29.4. The summed E-state index contributed by atoms with van der Waals surface area (Å²) < 4.78 is 36.5. The van der Waals surface area contributed by atoms with Crippen LogP contribution in [0.2, 0.25) is 0 Å². The van der Waals surface area contributed by atoms with Crippen molar-refractivity contribution in [1.29, 1.82) is 0 Å². The Kier molecular flexibility index (Phi) is 20.5. The van der Waals surface area contributed by atoms with E-state index >= 15 is 0 Å². The van der Waals surface area contributed by atoms with Crippen molar-refractivity contribution in [3.05, 3.63) is 144 Å². The van der Waals surface area contributed by atoms with Crippen molar-refractivity contribution < 1.29 is 37.3 Å². The Bertz CT molecular complexity index is 1490. The molecule has 0 spiro atoms. The third-order valence-electron chi connectivity index (χ3n) is 8.78. The van der Waals surface area contributed by atoms with Gasteiger partial charge in [-0.25, -0.2) is 0 Å². The zero-order valence-electron chi connectivity index (χ0n) is 32.9. The number of quaternary nitrogens is 1. The predicted octanol–water partition coefficient (Wildman–Crippen LogP) is 9.70. The van der Waals surface area contributed by atoms with Gasteiger partial charge in [-0.15, -0.1) is 0 Å². The molecule has 0 bridgehead atoms. The van der Waals surface area contributed by atoms with Gasteiger partial charge in [-0.05, 0) is 61.6 Å². The highest BCUT2D eigenvalue weighted by molar-refractivity contribution is 7.45. The largest absolute Gasteiger partial charge is 0.756 e. The molecule has 3 aromatic carbocycles. The number of carbonyl (C=O) groups is 1.